The highest BCUT2D eigenvalue weighted by atomic mass is 15.3. The van der Waals surface area contributed by atoms with Crippen molar-refractivity contribution in [3.05, 3.63) is 59.4 Å². The summed E-state index contributed by atoms with van der Waals surface area (Å²) in [5.74, 6) is 0.978. The van der Waals surface area contributed by atoms with Crippen LogP contribution in [0.5, 0.6) is 0 Å². The van der Waals surface area contributed by atoms with Crippen molar-refractivity contribution in [1.29, 1.82) is 0 Å². The van der Waals surface area contributed by atoms with Crippen molar-refractivity contribution in [1.82, 2.24) is 24.5 Å². The summed E-state index contributed by atoms with van der Waals surface area (Å²) < 4.78 is 3.76. The Kier molecular flexibility index (Phi) is 3.56. The number of hydrogen-bond acceptors (Lipinski definition) is 3. The van der Waals surface area contributed by atoms with Crippen LogP contribution in [0.15, 0.2) is 36.9 Å². The van der Waals surface area contributed by atoms with Crippen molar-refractivity contribution in [2.24, 2.45) is 7.05 Å². The van der Waals surface area contributed by atoms with E-state index >= 15 is 0 Å². The molecule has 0 radical (unpaired) electrons. The molecule has 0 aliphatic heterocycles. The van der Waals surface area contributed by atoms with E-state index in [0.717, 1.165) is 24.4 Å². The monoisotopic (exact) mass is 281 g/mol. The summed E-state index contributed by atoms with van der Waals surface area (Å²) in [5.41, 5.74) is 4.78. The number of benzene rings is 1. The summed E-state index contributed by atoms with van der Waals surface area (Å²) in [6.45, 7) is 4.20. The molecule has 5 nitrogen and oxygen atoms in total. The van der Waals surface area contributed by atoms with Crippen molar-refractivity contribution >= 4 is 0 Å². The van der Waals surface area contributed by atoms with Gasteiger partial charge in [0.1, 0.15) is 12.2 Å². The lowest BCUT2D eigenvalue weighted by Gasteiger charge is -2.09. The SMILES string of the molecule is Cc1ccc(-n2ncnc2CCc2cnn(C)c2)c(C)c1. The van der Waals surface area contributed by atoms with Gasteiger partial charge in [0.25, 0.3) is 0 Å². The van der Waals surface area contributed by atoms with Gasteiger partial charge in [0.2, 0.25) is 0 Å². The maximum atomic E-state index is 4.40. The molecule has 0 N–H and O–H groups in total. The van der Waals surface area contributed by atoms with Gasteiger partial charge in [0.05, 0.1) is 11.9 Å². The first kappa shape index (κ1) is 13.5. The molecule has 3 rings (SSSR count). The van der Waals surface area contributed by atoms with Gasteiger partial charge in [-0.25, -0.2) is 9.67 Å². The Morgan fingerprint density at radius 2 is 1.95 bits per heavy atom. The van der Waals surface area contributed by atoms with Gasteiger partial charge in [0, 0.05) is 19.7 Å². The van der Waals surface area contributed by atoms with Crippen LogP contribution in [-0.4, -0.2) is 24.5 Å². The maximum absolute atomic E-state index is 4.40. The van der Waals surface area contributed by atoms with Crippen LogP contribution in [0.4, 0.5) is 0 Å². The highest BCUT2D eigenvalue weighted by Gasteiger charge is 2.09. The van der Waals surface area contributed by atoms with Crippen LogP contribution in [-0.2, 0) is 19.9 Å². The van der Waals surface area contributed by atoms with E-state index in [0.29, 0.717) is 0 Å². The summed E-state index contributed by atoms with van der Waals surface area (Å²) in [4.78, 5) is 4.40. The van der Waals surface area contributed by atoms with E-state index in [1.54, 1.807) is 6.33 Å². The Morgan fingerprint density at radius 3 is 2.67 bits per heavy atom. The van der Waals surface area contributed by atoms with Gasteiger partial charge in [-0.05, 0) is 37.5 Å². The lowest BCUT2D eigenvalue weighted by Crippen LogP contribution is -2.06. The van der Waals surface area contributed by atoms with E-state index in [2.05, 4.69) is 47.2 Å². The van der Waals surface area contributed by atoms with Crippen LogP contribution in [0.3, 0.4) is 0 Å². The fourth-order valence-electron chi connectivity index (χ4n) is 2.54. The van der Waals surface area contributed by atoms with Crippen LogP contribution in [0.25, 0.3) is 5.69 Å². The van der Waals surface area contributed by atoms with Crippen LogP contribution >= 0.6 is 0 Å². The van der Waals surface area contributed by atoms with Gasteiger partial charge >= 0.3 is 0 Å². The topological polar surface area (TPSA) is 48.5 Å². The molecular formula is C16H19N5. The van der Waals surface area contributed by atoms with Gasteiger partial charge in [-0.3, -0.25) is 4.68 Å². The van der Waals surface area contributed by atoms with Gasteiger partial charge < -0.3 is 0 Å². The molecule has 0 saturated heterocycles. The minimum atomic E-state index is 0.846. The van der Waals surface area contributed by atoms with E-state index in [4.69, 9.17) is 0 Å². The van der Waals surface area contributed by atoms with Gasteiger partial charge in [0.15, 0.2) is 0 Å². The zero-order valence-electron chi connectivity index (χ0n) is 12.6. The second kappa shape index (κ2) is 5.52. The summed E-state index contributed by atoms with van der Waals surface area (Å²) >= 11 is 0. The van der Waals surface area contributed by atoms with E-state index in [-0.39, 0.29) is 0 Å². The van der Waals surface area contributed by atoms with E-state index in [9.17, 15) is 0 Å². The number of aryl methyl sites for hydroxylation is 5. The van der Waals surface area contributed by atoms with E-state index < -0.39 is 0 Å². The number of aromatic nitrogens is 5. The fourth-order valence-corrected chi connectivity index (χ4v) is 2.54. The summed E-state index contributed by atoms with van der Waals surface area (Å²) in [6, 6.07) is 6.38. The van der Waals surface area contributed by atoms with Crippen LogP contribution < -0.4 is 0 Å². The quantitative estimate of drug-likeness (QED) is 0.738. The van der Waals surface area contributed by atoms with Crippen molar-refractivity contribution < 1.29 is 0 Å². The summed E-state index contributed by atoms with van der Waals surface area (Å²) in [5, 5.41) is 8.57. The summed E-state index contributed by atoms with van der Waals surface area (Å²) in [6.07, 6.45) is 7.32. The predicted octanol–water partition coefficient (Wildman–Crippen LogP) is 2.40. The zero-order valence-corrected chi connectivity index (χ0v) is 12.6. The normalized spacial score (nSPS) is 11.0. The molecule has 0 aliphatic carbocycles. The van der Waals surface area contributed by atoms with Crippen LogP contribution in [0.1, 0.15) is 22.5 Å². The third kappa shape index (κ3) is 2.86. The summed E-state index contributed by atoms with van der Waals surface area (Å²) in [7, 11) is 1.93. The van der Waals surface area contributed by atoms with Crippen LogP contribution in [0.2, 0.25) is 0 Å². The van der Waals surface area contributed by atoms with Gasteiger partial charge in [-0.15, -0.1) is 0 Å². The highest BCUT2D eigenvalue weighted by molar-refractivity contribution is 5.42. The largest absolute Gasteiger partial charge is 0.276 e. The molecule has 1 aromatic carbocycles. The Hall–Kier alpha value is -2.43. The molecular weight excluding hydrogens is 262 g/mol. The first-order valence-electron chi connectivity index (χ1n) is 7.07. The molecule has 0 atom stereocenters. The lowest BCUT2D eigenvalue weighted by molar-refractivity contribution is 0.758. The van der Waals surface area contributed by atoms with Gasteiger partial charge in [-0.1, -0.05) is 17.7 Å². The first-order chi connectivity index (χ1) is 10.1. The molecule has 3 aromatic rings. The standard InChI is InChI=1S/C16H19N5/c1-12-4-6-15(13(2)8-12)21-16(17-11-19-21)7-5-14-9-18-20(3)10-14/h4,6,8-11H,5,7H2,1-3H3. The lowest BCUT2D eigenvalue weighted by atomic mass is 10.1. The first-order valence-corrected chi connectivity index (χ1v) is 7.07. The number of nitrogens with zero attached hydrogens (tertiary/aromatic N) is 5. The van der Waals surface area contributed by atoms with Gasteiger partial charge in [-0.2, -0.15) is 10.2 Å². The molecule has 5 heteroatoms. The van der Waals surface area contributed by atoms with E-state index in [1.807, 2.05) is 28.8 Å². The molecule has 0 unspecified atom stereocenters. The highest BCUT2D eigenvalue weighted by Crippen LogP contribution is 2.16. The number of hydrogen-bond donors (Lipinski definition) is 0. The Morgan fingerprint density at radius 1 is 1.10 bits per heavy atom. The van der Waals surface area contributed by atoms with Crippen molar-refractivity contribution in [2.75, 3.05) is 0 Å². The number of rotatable bonds is 4. The molecule has 0 saturated carbocycles. The molecule has 108 valence electrons. The van der Waals surface area contributed by atoms with Crippen molar-refractivity contribution in [3.8, 4) is 5.69 Å². The minimum Gasteiger partial charge on any atom is -0.276 e. The third-order valence-corrected chi connectivity index (χ3v) is 3.59. The second-order valence-electron chi connectivity index (χ2n) is 5.40. The fraction of sp³-hybridized carbons (Fsp3) is 0.312. The van der Waals surface area contributed by atoms with E-state index in [1.165, 1.54) is 16.7 Å². The molecule has 0 amide bonds. The molecule has 0 aliphatic rings. The molecule has 2 heterocycles. The Bertz CT molecular complexity index is 754. The average Bonchev–Trinajstić information content (AvgIpc) is 3.05. The Balaban J connectivity index is 1.83. The molecule has 21 heavy (non-hydrogen) atoms. The second-order valence-corrected chi connectivity index (χ2v) is 5.40. The van der Waals surface area contributed by atoms with Crippen LogP contribution in [0, 0.1) is 13.8 Å². The smallest absolute Gasteiger partial charge is 0.138 e. The van der Waals surface area contributed by atoms with Crippen molar-refractivity contribution in [2.45, 2.75) is 26.7 Å². The molecule has 0 fully saturated rings. The maximum Gasteiger partial charge on any atom is 0.138 e. The molecule has 2 aromatic heterocycles. The molecule has 0 spiro atoms. The average molecular weight is 281 g/mol. The predicted molar refractivity (Wildman–Crippen MR) is 81.4 cm³/mol. The third-order valence-electron chi connectivity index (χ3n) is 3.59. The zero-order chi connectivity index (χ0) is 14.8. The Labute approximate surface area is 124 Å². The van der Waals surface area contributed by atoms with Crippen molar-refractivity contribution in [3.63, 3.8) is 0 Å². The molecule has 0 bridgehead atoms. The minimum absolute atomic E-state index is 0.846.